The molecule has 6 nitrogen and oxygen atoms in total. The van der Waals surface area contributed by atoms with Crippen LogP contribution in [0.5, 0.6) is 11.5 Å². The minimum absolute atomic E-state index is 0.172. The van der Waals surface area contributed by atoms with Crippen LogP contribution < -0.4 is 19.8 Å². The highest BCUT2D eigenvalue weighted by atomic mass is 28.4. The predicted molar refractivity (Wildman–Crippen MR) is 170 cm³/mol. The van der Waals surface area contributed by atoms with Crippen LogP contribution in [-0.2, 0) is 20.7 Å². The highest BCUT2D eigenvalue weighted by Crippen LogP contribution is 2.37. The van der Waals surface area contributed by atoms with Gasteiger partial charge in [-0.25, -0.2) is 5.06 Å². The summed E-state index contributed by atoms with van der Waals surface area (Å²) in [5, 5.41) is 3.40. The van der Waals surface area contributed by atoms with E-state index in [2.05, 4.69) is 69.3 Å². The molecule has 0 saturated carbocycles. The summed E-state index contributed by atoms with van der Waals surface area (Å²) in [6.45, 7) is 7.51. The van der Waals surface area contributed by atoms with Gasteiger partial charge in [0.15, 0.2) is 6.10 Å². The molecule has 1 unspecified atom stereocenters. The first-order valence-corrected chi connectivity index (χ1v) is 16.2. The molecule has 7 heteroatoms. The zero-order valence-electron chi connectivity index (χ0n) is 25.2. The Bertz CT molecular complexity index is 1340. The molecule has 0 aliphatic heterocycles. The molecule has 0 bridgehead atoms. The summed E-state index contributed by atoms with van der Waals surface area (Å²) in [7, 11) is 0.299. The summed E-state index contributed by atoms with van der Waals surface area (Å²) in [5.74, 6) is 1.00. The van der Waals surface area contributed by atoms with Crippen LogP contribution >= 0.6 is 0 Å². The second-order valence-electron chi connectivity index (χ2n) is 11.2. The Balaban J connectivity index is 1.52. The number of hydrogen-bond donors (Lipinski definition) is 0. The first-order valence-electron chi connectivity index (χ1n) is 14.2. The second kappa shape index (κ2) is 14.3. The number of likely N-dealkylation sites (N-methyl/N-ethyl adjacent to an activating group) is 1. The van der Waals surface area contributed by atoms with Crippen LogP contribution in [0.1, 0.15) is 32.8 Å². The fourth-order valence-corrected chi connectivity index (χ4v) is 9.71. The quantitative estimate of drug-likeness (QED) is 0.143. The van der Waals surface area contributed by atoms with Crippen molar-refractivity contribution in [2.45, 2.75) is 44.9 Å². The summed E-state index contributed by atoms with van der Waals surface area (Å²) in [6.07, 6.45) is -0.451. The number of nitrogens with zero attached hydrogens (tertiary/aromatic N) is 1. The monoisotopic (exact) mass is 583 g/mol. The molecule has 0 N–H and O–H groups in total. The molecule has 1 amide bonds. The van der Waals surface area contributed by atoms with E-state index in [-0.39, 0.29) is 10.9 Å². The van der Waals surface area contributed by atoms with E-state index in [9.17, 15) is 4.79 Å². The fraction of sp³-hybridized carbons (Fsp3) is 0.286. The predicted octanol–water partition coefficient (Wildman–Crippen LogP) is 6.00. The fourth-order valence-electron chi connectivity index (χ4n) is 5.13. The molecule has 0 saturated heterocycles. The summed E-state index contributed by atoms with van der Waals surface area (Å²) in [4.78, 5) is 18.5. The number of rotatable bonds is 13. The summed E-state index contributed by atoms with van der Waals surface area (Å²) in [5.41, 5.74) is 1.09. The Morgan fingerprint density at radius 1 is 0.762 bits per heavy atom. The van der Waals surface area contributed by atoms with Gasteiger partial charge in [0.05, 0.1) is 7.11 Å². The van der Waals surface area contributed by atoms with Crippen molar-refractivity contribution in [3.05, 3.63) is 121 Å². The largest absolute Gasteiger partial charge is 0.489 e. The SMILES string of the molecule is CON(C)C(=O)C(CCO[Si](c1ccccc1)(c1ccccc1)C(C)(C)C)Oc1ccc(OCc2ccccc2)cc1. The minimum atomic E-state index is -2.75. The Morgan fingerprint density at radius 2 is 1.26 bits per heavy atom. The number of amides is 1. The van der Waals surface area contributed by atoms with Gasteiger partial charge in [0, 0.05) is 20.1 Å². The molecule has 0 fully saturated rings. The van der Waals surface area contributed by atoms with Gasteiger partial charge in [-0.15, -0.1) is 0 Å². The molecular weight excluding hydrogens is 542 g/mol. The van der Waals surface area contributed by atoms with Crippen LogP contribution in [0.25, 0.3) is 0 Å². The highest BCUT2D eigenvalue weighted by molar-refractivity contribution is 6.99. The third kappa shape index (κ3) is 7.48. The van der Waals surface area contributed by atoms with Crippen molar-refractivity contribution >= 4 is 24.6 Å². The van der Waals surface area contributed by atoms with Gasteiger partial charge in [-0.3, -0.25) is 9.63 Å². The number of hydrogen-bond acceptors (Lipinski definition) is 5. The van der Waals surface area contributed by atoms with Gasteiger partial charge in [-0.1, -0.05) is 112 Å². The number of hydroxylamine groups is 2. The average molecular weight is 584 g/mol. The van der Waals surface area contributed by atoms with Gasteiger partial charge in [-0.2, -0.15) is 0 Å². The average Bonchev–Trinajstić information content (AvgIpc) is 3.02. The van der Waals surface area contributed by atoms with Gasteiger partial charge < -0.3 is 13.9 Å². The molecule has 42 heavy (non-hydrogen) atoms. The summed E-state index contributed by atoms with van der Waals surface area (Å²) in [6, 6.07) is 38.2. The van der Waals surface area contributed by atoms with Crippen molar-refractivity contribution in [3.63, 3.8) is 0 Å². The van der Waals surface area contributed by atoms with Crippen LogP contribution in [0.4, 0.5) is 0 Å². The Morgan fingerprint density at radius 3 is 1.76 bits per heavy atom. The minimum Gasteiger partial charge on any atom is -0.489 e. The lowest BCUT2D eigenvalue weighted by Gasteiger charge is -2.43. The van der Waals surface area contributed by atoms with Gasteiger partial charge in [0.1, 0.15) is 18.1 Å². The summed E-state index contributed by atoms with van der Waals surface area (Å²) < 4.78 is 19.2. The van der Waals surface area contributed by atoms with Crippen LogP contribution in [-0.4, -0.2) is 46.2 Å². The maximum absolute atomic E-state index is 13.3. The van der Waals surface area contributed by atoms with Gasteiger partial charge in [-0.05, 0) is 45.2 Å². The van der Waals surface area contributed by atoms with E-state index in [0.29, 0.717) is 25.4 Å². The van der Waals surface area contributed by atoms with E-state index < -0.39 is 14.4 Å². The molecule has 0 aliphatic carbocycles. The Hall–Kier alpha value is -3.91. The van der Waals surface area contributed by atoms with Crippen molar-refractivity contribution in [3.8, 4) is 11.5 Å². The van der Waals surface area contributed by atoms with Gasteiger partial charge in [0.2, 0.25) is 0 Å². The van der Waals surface area contributed by atoms with Crippen molar-refractivity contribution < 1.29 is 23.5 Å². The molecule has 4 aromatic rings. The third-order valence-electron chi connectivity index (χ3n) is 7.33. The Kier molecular flexibility index (Phi) is 10.6. The first kappa shape index (κ1) is 31.0. The zero-order chi connectivity index (χ0) is 30.0. The zero-order valence-corrected chi connectivity index (χ0v) is 26.2. The lowest BCUT2D eigenvalue weighted by atomic mass is 10.2. The van der Waals surface area contributed by atoms with E-state index in [4.69, 9.17) is 18.7 Å². The summed E-state index contributed by atoms with van der Waals surface area (Å²) >= 11 is 0. The molecule has 0 aliphatic rings. The third-order valence-corrected chi connectivity index (χ3v) is 12.4. The van der Waals surface area contributed by atoms with E-state index in [1.165, 1.54) is 22.5 Å². The topological polar surface area (TPSA) is 57.2 Å². The first-order chi connectivity index (χ1) is 20.2. The smallest absolute Gasteiger partial charge is 0.286 e. The van der Waals surface area contributed by atoms with Gasteiger partial charge >= 0.3 is 0 Å². The number of ether oxygens (including phenoxy) is 2. The van der Waals surface area contributed by atoms with Crippen LogP contribution in [0.2, 0.25) is 5.04 Å². The van der Waals surface area contributed by atoms with Gasteiger partial charge in [0.25, 0.3) is 14.2 Å². The van der Waals surface area contributed by atoms with E-state index >= 15 is 0 Å². The van der Waals surface area contributed by atoms with Crippen molar-refractivity contribution in [2.75, 3.05) is 20.8 Å². The highest BCUT2D eigenvalue weighted by Gasteiger charge is 2.50. The normalized spacial score (nSPS) is 12.4. The molecule has 0 spiro atoms. The maximum Gasteiger partial charge on any atom is 0.286 e. The second-order valence-corrected chi connectivity index (χ2v) is 15.5. The van der Waals surface area contributed by atoms with E-state index in [1.54, 1.807) is 7.05 Å². The van der Waals surface area contributed by atoms with Crippen molar-refractivity contribution in [1.82, 2.24) is 5.06 Å². The molecule has 0 radical (unpaired) electrons. The number of carbonyl (C=O) groups is 1. The molecular formula is C35H41NO5Si. The molecule has 220 valence electrons. The van der Waals surface area contributed by atoms with Crippen LogP contribution in [0, 0.1) is 0 Å². The standard InChI is InChI=1S/C35H41NO5Si/c1-35(2,3)42(31-17-11-7-12-18-31,32-19-13-8-14-20-32)40-26-25-33(34(37)36(4)38-5)41-30-23-21-29(22-24-30)39-27-28-15-9-6-10-16-28/h6-24,33H,25-27H2,1-5H3. The lowest BCUT2D eigenvalue weighted by Crippen LogP contribution is -2.66. The molecule has 4 rings (SSSR count). The number of carbonyl (C=O) groups excluding carboxylic acids is 1. The van der Waals surface area contributed by atoms with Crippen molar-refractivity contribution in [1.29, 1.82) is 0 Å². The lowest BCUT2D eigenvalue weighted by molar-refractivity contribution is -0.177. The van der Waals surface area contributed by atoms with E-state index in [0.717, 1.165) is 11.3 Å². The molecule has 0 aromatic heterocycles. The molecule has 0 heterocycles. The van der Waals surface area contributed by atoms with E-state index in [1.807, 2.05) is 66.7 Å². The maximum atomic E-state index is 13.3. The Labute approximate surface area is 250 Å². The van der Waals surface area contributed by atoms with Crippen molar-refractivity contribution in [2.24, 2.45) is 0 Å². The molecule has 4 aromatic carbocycles. The number of benzene rings is 4. The van der Waals surface area contributed by atoms with Crippen LogP contribution in [0.3, 0.4) is 0 Å². The van der Waals surface area contributed by atoms with Crippen LogP contribution in [0.15, 0.2) is 115 Å². The molecule has 1 atom stereocenters.